The van der Waals surface area contributed by atoms with Crippen LogP contribution in [0.3, 0.4) is 0 Å². The summed E-state index contributed by atoms with van der Waals surface area (Å²) in [6.07, 6.45) is 4.38. The van der Waals surface area contributed by atoms with Crippen molar-refractivity contribution in [2.45, 2.75) is 33.3 Å². The second kappa shape index (κ2) is 12.2. The van der Waals surface area contributed by atoms with Crippen LogP contribution < -0.4 is 4.74 Å². The molecule has 3 aromatic rings. The summed E-state index contributed by atoms with van der Waals surface area (Å²) < 4.78 is 17.9. The Morgan fingerprint density at radius 2 is 1.93 bits per heavy atom. The number of amides is 2. The molecule has 2 aromatic carbocycles. The van der Waals surface area contributed by atoms with E-state index in [4.69, 9.17) is 19.3 Å². The Balaban J connectivity index is 1.51. The zero-order chi connectivity index (χ0) is 29.8. The molecule has 0 saturated heterocycles. The first-order valence-corrected chi connectivity index (χ1v) is 13.6. The van der Waals surface area contributed by atoms with E-state index in [1.807, 2.05) is 67.7 Å². The minimum atomic E-state index is -0.673. The molecule has 2 aliphatic heterocycles. The van der Waals surface area contributed by atoms with Crippen LogP contribution >= 0.6 is 0 Å². The van der Waals surface area contributed by atoms with Crippen LogP contribution in [0.15, 0.2) is 71.4 Å². The van der Waals surface area contributed by atoms with Crippen molar-refractivity contribution in [1.29, 1.82) is 5.26 Å². The van der Waals surface area contributed by atoms with Crippen LogP contribution in [0.25, 0.3) is 23.0 Å². The molecule has 1 unspecified atom stereocenters. The molecule has 0 N–H and O–H groups in total. The predicted molar refractivity (Wildman–Crippen MR) is 153 cm³/mol. The fraction of sp³-hybridized carbons (Fsp3) is 0.281. The van der Waals surface area contributed by atoms with Crippen LogP contribution in [0.1, 0.15) is 31.9 Å². The highest BCUT2D eigenvalue weighted by atomic mass is 16.6. The molecule has 0 spiro atoms. The molecule has 2 aliphatic rings. The van der Waals surface area contributed by atoms with E-state index in [1.165, 1.54) is 6.92 Å². The molecule has 1 aromatic heterocycles. The Labute approximate surface area is 243 Å². The molecular formula is C32H30N4O6. The number of rotatable bonds is 9. The molecule has 10 heteroatoms. The van der Waals surface area contributed by atoms with E-state index in [0.29, 0.717) is 16.8 Å². The van der Waals surface area contributed by atoms with Gasteiger partial charge >= 0.3 is 5.97 Å². The number of hydrogen-bond acceptors (Lipinski definition) is 8. The van der Waals surface area contributed by atoms with Gasteiger partial charge in [0.2, 0.25) is 0 Å². The smallest absolute Gasteiger partial charge is 0.302 e. The van der Waals surface area contributed by atoms with Crippen LogP contribution in [0.5, 0.6) is 5.75 Å². The third-order valence-electron chi connectivity index (χ3n) is 7.05. The van der Waals surface area contributed by atoms with Gasteiger partial charge in [-0.3, -0.25) is 19.3 Å². The van der Waals surface area contributed by atoms with Crippen LogP contribution in [0.2, 0.25) is 0 Å². The Morgan fingerprint density at radius 3 is 2.67 bits per heavy atom. The van der Waals surface area contributed by atoms with Gasteiger partial charge in [-0.2, -0.15) is 10.4 Å². The number of nitrogens with zero attached hydrogens (tertiary/aromatic N) is 4. The average molecular weight is 567 g/mol. The second-order valence-corrected chi connectivity index (χ2v) is 10.1. The Kier molecular flexibility index (Phi) is 8.31. The molecule has 2 amide bonds. The monoisotopic (exact) mass is 566 g/mol. The average Bonchev–Trinajstić information content (AvgIpc) is 3.57. The highest BCUT2D eigenvalue weighted by Crippen LogP contribution is 2.35. The molecular weight excluding hydrogens is 536 g/mol. The topological polar surface area (TPSA) is 124 Å². The first-order valence-electron chi connectivity index (χ1n) is 13.6. The van der Waals surface area contributed by atoms with Crippen molar-refractivity contribution in [3.63, 3.8) is 0 Å². The van der Waals surface area contributed by atoms with E-state index < -0.39 is 17.8 Å². The predicted octanol–water partition coefficient (Wildman–Crippen LogP) is 4.03. The van der Waals surface area contributed by atoms with E-state index in [-0.39, 0.29) is 43.6 Å². The summed E-state index contributed by atoms with van der Waals surface area (Å²) in [5.74, 6) is -0.784. The van der Waals surface area contributed by atoms with Crippen LogP contribution in [0, 0.1) is 11.3 Å². The maximum absolute atomic E-state index is 13.7. The summed E-state index contributed by atoms with van der Waals surface area (Å²) in [4.78, 5) is 38.6. The second-order valence-electron chi connectivity index (χ2n) is 10.1. The Morgan fingerprint density at radius 1 is 1.14 bits per heavy atom. The SMILES string of the molecule is CC(=O)OCCOCCN1C(=O)C(C#N)=C(C)/C(=C\c2cn(-c3ccccc3)nc2-c2ccc3c(c2)CC(C)O3)C1=O. The standard InChI is InChI=1S/C32H30N4O6/c1-20-15-24-16-23(9-10-29(24)42-20)30-25(19-36(34-30)26-7-5-4-6-8-26)17-27-21(2)28(18-33)32(39)35(31(27)38)11-12-40-13-14-41-22(3)37/h4-10,16-17,19-20H,11-15H2,1-3H3/b27-17+. The van der Waals surface area contributed by atoms with Gasteiger partial charge in [0.05, 0.1) is 31.1 Å². The van der Waals surface area contributed by atoms with Gasteiger partial charge in [-0.1, -0.05) is 18.2 Å². The van der Waals surface area contributed by atoms with E-state index in [1.54, 1.807) is 17.7 Å². The van der Waals surface area contributed by atoms with Crippen molar-refractivity contribution in [3.8, 4) is 28.8 Å². The number of esters is 1. The van der Waals surface area contributed by atoms with Gasteiger partial charge < -0.3 is 14.2 Å². The number of nitriles is 1. The van der Waals surface area contributed by atoms with Gasteiger partial charge in [-0.15, -0.1) is 0 Å². The molecule has 214 valence electrons. The quantitative estimate of drug-likeness (QED) is 0.165. The van der Waals surface area contributed by atoms with E-state index >= 15 is 0 Å². The number of carbonyl (C=O) groups is 3. The Hall–Kier alpha value is -5.01. The van der Waals surface area contributed by atoms with Gasteiger partial charge in [0.15, 0.2) is 0 Å². The van der Waals surface area contributed by atoms with Crippen molar-refractivity contribution in [2.75, 3.05) is 26.4 Å². The van der Waals surface area contributed by atoms with Crippen LogP contribution in [-0.2, 0) is 30.3 Å². The summed E-state index contributed by atoms with van der Waals surface area (Å²) in [5.41, 5.74) is 4.47. The Bertz CT molecular complexity index is 1650. The number of hydrogen-bond donors (Lipinski definition) is 0. The summed E-state index contributed by atoms with van der Waals surface area (Å²) in [7, 11) is 0. The third-order valence-corrected chi connectivity index (χ3v) is 7.05. The van der Waals surface area contributed by atoms with E-state index in [0.717, 1.165) is 33.9 Å². The van der Waals surface area contributed by atoms with E-state index in [9.17, 15) is 19.6 Å². The normalized spacial score (nSPS) is 17.3. The first kappa shape index (κ1) is 28.5. The van der Waals surface area contributed by atoms with Gasteiger partial charge in [-0.25, -0.2) is 4.68 Å². The largest absolute Gasteiger partial charge is 0.490 e. The summed E-state index contributed by atoms with van der Waals surface area (Å²) in [6.45, 7) is 5.06. The molecule has 1 atom stereocenters. The number of fused-ring (bicyclic) bond motifs is 1. The molecule has 0 radical (unpaired) electrons. The lowest BCUT2D eigenvalue weighted by molar-refractivity contribution is -0.142. The van der Waals surface area contributed by atoms with Crippen molar-refractivity contribution >= 4 is 23.9 Å². The number of para-hydroxylation sites is 1. The summed E-state index contributed by atoms with van der Waals surface area (Å²) in [6, 6.07) is 17.5. The van der Waals surface area contributed by atoms with Gasteiger partial charge in [-0.05, 0) is 61.4 Å². The number of ether oxygens (including phenoxy) is 3. The molecule has 10 nitrogen and oxygen atoms in total. The van der Waals surface area contributed by atoms with Gasteiger partial charge in [0.1, 0.15) is 30.1 Å². The minimum Gasteiger partial charge on any atom is -0.490 e. The minimum absolute atomic E-state index is 0.0244. The molecule has 0 fully saturated rings. The first-order chi connectivity index (χ1) is 20.3. The number of aromatic nitrogens is 2. The lowest BCUT2D eigenvalue weighted by atomic mass is 9.93. The van der Waals surface area contributed by atoms with Crippen molar-refractivity contribution < 1.29 is 28.6 Å². The van der Waals surface area contributed by atoms with Crippen LogP contribution in [0.4, 0.5) is 0 Å². The maximum Gasteiger partial charge on any atom is 0.302 e. The van der Waals surface area contributed by atoms with Crippen molar-refractivity contribution in [1.82, 2.24) is 14.7 Å². The van der Waals surface area contributed by atoms with Crippen molar-refractivity contribution in [2.24, 2.45) is 0 Å². The summed E-state index contributed by atoms with van der Waals surface area (Å²) >= 11 is 0. The van der Waals surface area contributed by atoms with Gasteiger partial charge in [0.25, 0.3) is 11.8 Å². The fourth-order valence-corrected chi connectivity index (χ4v) is 4.99. The maximum atomic E-state index is 13.7. The fourth-order valence-electron chi connectivity index (χ4n) is 4.99. The highest BCUT2D eigenvalue weighted by molar-refractivity contribution is 6.19. The molecule has 5 rings (SSSR count). The molecule has 3 heterocycles. The van der Waals surface area contributed by atoms with Crippen LogP contribution in [-0.4, -0.2) is 64.9 Å². The number of benzene rings is 2. The van der Waals surface area contributed by atoms with Gasteiger partial charge in [0, 0.05) is 36.2 Å². The van der Waals surface area contributed by atoms with E-state index in [2.05, 4.69) is 0 Å². The molecule has 0 bridgehead atoms. The molecule has 42 heavy (non-hydrogen) atoms. The van der Waals surface area contributed by atoms with Crippen molar-refractivity contribution in [3.05, 3.63) is 82.6 Å². The molecule has 0 aliphatic carbocycles. The highest BCUT2D eigenvalue weighted by Gasteiger charge is 2.35. The third kappa shape index (κ3) is 5.87. The number of imide groups is 1. The molecule has 0 saturated carbocycles. The zero-order valence-corrected chi connectivity index (χ0v) is 23.6. The lowest BCUT2D eigenvalue weighted by Gasteiger charge is -2.27. The zero-order valence-electron chi connectivity index (χ0n) is 23.6. The lowest BCUT2D eigenvalue weighted by Crippen LogP contribution is -2.44. The summed E-state index contributed by atoms with van der Waals surface area (Å²) in [5, 5.41) is 14.7. The number of carbonyl (C=O) groups excluding carboxylic acids is 3.